The fourth-order valence-electron chi connectivity index (χ4n) is 3.67. The van der Waals surface area contributed by atoms with Gasteiger partial charge in [-0.3, -0.25) is 9.59 Å². The van der Waals surface area contributed by atoms with Gasteiger partial charge in [0.25, 0.3) is 5.91 Å². The van der Waals surface area contributed by atoms with Crippen LogP contribution >= 0.6 is 11.8 Å². The van der Waals surface area contributed by atoms with Crippen LogP contribution in [0.15, 0.2) is 59.7 Å². The minimum absolute atomic E-state index is 0.109. The van der Waals surface area contributed by atoms with Gasteiger partial charge in [-0.15, -0.1) is 0 Å². The van der Waals surface area contributed by atoms with Gasteiger partial charge in [0, 0.05) is 12.2 Å². The number of rotatable bonds is 6. The van der Waals surface area contributed by atoms with Crippen LogP contribution in [0.5, 0.6) is 5.75 Å². The summed E-state index contributed by atoms with van der Waals surface area (Å²) in [4.78, 5) is 25.2. The lowest BCUT2D eigenvalue weighted by Gasteiger charge is -2.22. The van der Waals surface area contributed by atoms with Crippen molar-refractivity contribution in [2.45, 2.75) is 18.9 Å². The largest absolute Gasteiger partial charge is 0.497 e. The molecular formula is C23H24N2O4S. The lowest BCUT2D eigenvalue weighted by Crippen LogP contribution is -2.32. The first kappa shape index (κ1) is 20.5. The predicted octanol–water partition coefficient (Wildman–Crippen LogP) is 3.67. The average molecular weight is 425 g/mol. The van der Waals surface area contributed by atoms with Crippen molar-refractivity contribution in [3.8, 4) is 5.75 Å². The summed E-state index contributed by atoms with van der Waals surface area (Å²) in [6, 6.07) is 17.2. The molecule has 0 aliphatic carbocycles. The number of hydrogen-bond donors (Lipinski definition) is 0. The Hall–Kier alpha value is -2.80. The molecule has 6 nitrogen and oxygen atoms in total. The highest BCUT2D eigenvalue weighted by Gasteiger charge is 2.34. The van der Waals surface area contributed by atoms with Crippen LogP contribution in [0.4, 0.5) is 0 Å². The summed E-state index contributed by atoms with van der Waals surface area (Å²) in [5.41, 5.74) is 2.77. The second-order valence-corrected chi connectivity index (χ2v) is 8.46. The zero-order valence-corrected chi connectivity index (χ0v) is 17.6. The van der Waals surface area contributed by atoms with Gasteiger partial charge in [0.15, 0.2) is 6.61 Å². The lowest BCUT2D eigenvalue weighted by atomic mass is 9.98. The maximum Gasteiger partial charge on any atom is 0.310 e. The number of amides is 1. The molecule has 0 radical (unpaired) electrons. The SMILES string of the molecule is COc1ccc([C@H]2CC(c3ccccc3)=NN2C(=O)COC(=O)[C@@H]2CCSC2)cc1. The topological polar surface area (TPSA) is 68.2 Å². The molecule has 4 rings (SSSR count). The minimum atomic E-state index is -0.319. The van der Waals surface area contributed by atoms with Crippen molar-refractivity contribution in [2.75, 3.05) is 25.2 Å². The molecule has 0 spiro atoms. The van der Waals surface area contributed by atoms with Crippen molar-refractivity contribution in [1.82, 2.24) is 5.01 Å². The van der Waals surface area contributed by atoms with Crippen molar-refractivity contribution in [1.29, 1.82) is 0 Å². The van der Waals surface area contributed by atoms with Gasteiger partial charge in [0.2, 0.25) is 0 Å². The first-order chi connectivity index (χ1) is 14.7. The van der Waals surface area contributed by atoms with E-state index >= 15 is 0 Å². The number of hydrazone groups is 1. The van der Waals surface area contributed by atoms with Crippen molar-refractivity contribution in [3.05, 3.63) is 65.7 Å². The summed E-state index contributed by atoms with van der Waals surface area (Å²) in [6.07, 6.45) is 1.40. The fraction of sp³-hybridized carbons (Fsp3) is 0.348. The maximum absolute atomic E-state index is 13.0. The van der Waals surface area contributed by atoms with Gasteiger partial charge in [0.1, 0.15) is 5.75 Å². The van der Waals surface area contributed by atoms with Crippen LogP contribution in [0.1, 0.15) is 30.0 Å². The number of ether oxygens (including phenoxy) is 2. The van der Waals surface area contributed by atoms with Gasteiger partial charge >= 0.3 is 5.97 Å². The third-order valence-electron chi connectivity index (χ3n) is 5.37. The number of hydrogen-bond acceptors (Lipinski definition) is 6. The van der Waals surface area contributed by atoms with Crippen LogP contribution in [0.3, 0.4) is 0 Å². The van der Waals surface area contributed by atoms with E-state index in [0.29, 0.717) is 6.42 Å². The van der Waals surface area contributed by atoms with Crippen molar-refractivity contribution in [2.24, 2.45) is 11.0 Å². The Balaban J connectivity index is 1.52. The number of methoxy groups -OCH3 is 1. The first-order valence-electron chi connectivity index (χ1n) is 9.99. The molecule has 1 amide bonds. The van der Waals surface area contributed by atoms with Crippen molar-refractivity contribution < 1.29 is 19.1 Å². The van der Waals surface area contributed by atoms with Crippen LogP contribution in [-0.4, -0.2) is 47.8 Å². The smallest absolute Gasteiger partial charge is 0.310 e. The zero-order valence-electron chi connectivity index (χ0n) is 16.8. The minimum Gasteiger partial charge on any atom is -0.497 e. The van der Waals surface area contributed by atoms with E-state index in [-0.39, 0.29) is 30.4 Å². The molecule has 2 atom stereocenters. The highest BCUT2D eigenvalue weighted by atomic mass is 32.2. The van der Waals surface area contributed by atoms with E-state index in [0.717, 1.165) is 40.5 Å². The fourth-order valence-corrected chi connectivity index (χ4v) is 4.87. The Morgan fingerprint density at radius 1 is 1.13 bits per heavy atom. The molecule has 1 fully saturated rings. The lowest BCUT2D eigenvalue weighted by molar-refractivity contribution is -0.155. The van der Waals surface area contributed by atoms with Crippen LogP contribution in [0.25, 0.3) is 0 Å². The molecule has 2 aliphatic heterocycles. The van der Waals surface area contributed by atoms with E-state index in [1.807, 2.05) is 54.6 Å². The van der Waals surface area contributed by atoms with Crippen LogP contribution in [0, 0.1) is 5.92 Å². The Morgan fingerprint density at radius 3 is 2.57 bits per heavy atom. The highest BCUT2D eigenvalue weighted by Crippen LogP contribution is 2.33. The van der Waals surface area contributed by atoms with Crippen molar-refractivity contribution in [3.63, 3.8) is 0 Å². The molecule has 156 valence electrons. The summed E-state index contributed by atoms with van der Waals surface area (Å²) < 4.78 is 10.6. The summed E-state index contributed by atoms with van der Waals surface area (Å²) in [5, 5.41) is 6.07. The van der Waals surface area contributed by atoms with Gasteiger partial charge in [-0.1, -0.05) is 42.5 Å². The Labute approximate surface area is 180 Å². The third kappa shape index (κ3) is 4.51. The number of carbonyl (C=O) groups is 2. The van der Waals surface area contributed by atoms with Gasteiger partial charge in [0.05, 0.1) is 24.8 Å². The highest BCUT2D eigenvalue weighted by molar-refractivity contribution is 7.99. The average Bonchev–Trinajstić information content (AvgIpc) is 3.48. The first-order valence-corrected chi connectivity index (χ1v) is 11.1. The Kier molecular flexibility index (Phi) is 6.38. The van der Waals surface area contributed by atoms with E-state index < -0.39 is 0 Å². The second-order valence-electron chi connectivity index (χ2n) is 7.31. The van der Waals surface area contributed by atoms with Crippen LogP contribution in [-0.2, 0) is 14.3 Å². The molecule has 2 aliphatic rings. The molecule has 0 bridgehead atoms. The number of thioether (sulfide) groups is 1. The molecule has 0 saturated carbocycles. The van der Waals surface area contributed by atoms with E-state index in [4.69, 9.17) is 9.47 Å². The van der Waals surface area contributed by atoms with Gasteiger partial charge < -0.3 is 9.47 Å². The van der Waals surface area contributed by atoms with E-state index in [9.17, 15) is 9.59 Å². The number of carbonyl (C=O) groups excluding carboxylic acids is 2. The van der Waals surface area contributed by atoms with E-state index in [1.165, 1.54) is 5.01 Å². The number of benzene rings is 2. The molecule has 0 aromatic heterocycles. The molecule has 2 heterocycles. The third-order valence-corrected chi connectivity index (χ3v) is 6.54. The normalized spacial score (nSPS) is 20.7. The number of nitrogens with zero attached hydrogens (tertiary/aromatic N) is 2. The van der Waals surface area contributed by atoms with Crippen molar-refractivity contribution >= 4 is 29.4 Å². The zero-order chi connectivity index (χ0) is 20.9. The molecule has 2 aromatic rings. The Bertz CT molecular complexity index is 924. The molecule has 2 aromatic carbocycles. The summed E-state index contributed by atoms with van der Waals surface area (Å²) >= 11 is 1.74. The molecule has 0 unspecified atom stereocenters. The molecule has 7 heteroatoms. The molecular weight excluding hydrogens is 400 g/mol. The van der Waals surface area contributed by atoms with E-state index in [2.05, 4.69) is 5.10 Å². The van der Waals surface area contributed by atoms with Gasteiger partial charge in [-0.25, -0.2) is 5.01 Å². The quantitative estimate of drug-likeness (QED) is 0.662. The van der Waals surface area contributed by atoms with Crippen LogP contribution in [0.2, 0.25) is 0 Å². The molecule has 30 heavy (non-hydrogen) atoms. The second kappa shape index (κ2) is 9.34. The summed E-state index contributed by atoms with van der Waals surface area (Å²) in [6.45, 7) is -0.293. The van der Waals surface area contributed by atoms with Gasteiger partial charge in [-0.05, 0) is 35.4 Å². The molecule has 0 N–H and O–H groups in total. The number of esters is 1. The van der Waals surface area contributed by atoms with E-state index in [1.54, 1.807) is 18.9 Å². The maximum atomic E-state index is 13.0. The predicted molar refractivity (Wildman–Crippen MR) is 117 cm³/mol. The van der Waals surface area contributed by atoms with Gasteiger partial charge in [-0.2, -0.15) is 16.9 Å². The standard InChI is InChI=1S/C23H24N2O4S/c1-28-19-9-7-17(8-10-19)21-13-20(16-5-3-2-4-6-16)24-25(21)22(26)14-29-23(27)18-11-12-30-15-18/h2-10,18,21H,11-15H2,1H3/t18-,21-/m1/s1. The monoisotopic (exact) mass is 424 g/mol. The van der Waals surface area contributed by atoms with Crippen LogP contribution < -0.4 is 4.74 Å². The Morgan fingerprint density at radius 2 is 1.90 bits per heavy atom. The summed E-state index contributed by atoms with van der Waals surface area (Å²) in [7, 11) is 1.62. The molecule has 1 saturated heterocycles. The summed E-state index contributed by atoms with van der Waals surface area (Å²) in [5.74, 6) is 1.76.